The Hall–Kier alpha value is -0.0800. The van der Waals surface area contributed by atoms with Gasteiger partial charge >= 0.3 is 0 Å². The second-order valence-electron chi connectivity index (χ2n) is 7.43. The van der Waals surface area contributed by atoms with E-state index >= 15 is 0 Å². The summed E-state index contributed by atoms with van der Waals surface area (Å²) in [4.78, 5) is 0. The molecule has 3 rings (SSSR count). The first-order valence-electron chi connectivity index (χ1n) is 7.25. The Kier molecular flexibility index (Phi) is 2.45. The highest BCUT2D eigenvalue weighted by Gasteiger charge is 2.68. The average molecular weight is 238 g/mol. The Labute approximate surface area is 104 Å². The van der Waals surface area contributed by atoms with Crippen LogP contribution in [-0.2, 0) is 0 Å². The lowest BCUT2D eigenvalue weighted by molar-refractivity contribution is -0.0327. The third-order valence-electron chi connectivity index (χ3n) is 6.50. The first kappa shape index (κ1) is 12.0. The van der Waals surface area contributed by atoms with E-state index in [2.05, 4.69) is 13.8 Å². The van der Waals surface area contributed by atoms with Crippen molar-refractivity contribution in [3.05, 3.63) is 0 Å². The van der Waals surface area contributed by atoms with Crippen molar-refractivity contribution in [2.75, 3.05) is 6.61 Å². The monoisotopic (exact) mass is 238 g/mol. The molecule has 0 aromatic heterocycles. The van der Waals surface area contributed by atoms with Crippen LogP contribution in [0.2, 0.25) is 0 Å². The van der Waals surface area contributed by atoms with E-state index in [1.165, 1.54) is 12.8 Å². The molecule has 3 saturated carbocycles. The lowest BCUT2D eigenvalue weighted by Crippen LogP contribution is -2.38. The summed E-state index contributed by atoms with van der Waals surface area (Å²) in [5, 5.41) is 20.3. The van der Waals surface area contributed by atoms with Crippen molar-refractivity contribution in [3.63, 3.8) is 0 Å². The third kappa shape index (κ3) is 1.46. The van der Waals surface area contributed by atoms with Gasteiger partial charge in [-0.3, -0.25) is 0 Å². The number of hydrogen-bond acceptors (Lipinski definition) is 2. The van der Waals surface area contributed by atoms with Crippen LogP contribution in [0.15, 0.2) is 0 Å². The summed E-state index contributed by atoms with van der Waals surface area (Å²) in [6.07, 6.45) is 4.48. The molecule has 0 heterocycles. The molecule has 0 amide bonds. The summed E-state index contributed by atoms with van der Waals surface area (Å²) < 4.78 is 0. The molecule has 2 N–H and O–H groups in total. The van der Waals surface area contributed by atoms with Gasteiger partial charge in [-0.2, -0.15) is 0 Å². The molecule has 7 atom stereocenters. The third-order valence-corrected chi connectivity index (χ3v) is 6.50. The molecule has 3 fully saturated rings. The molecule has 3 aliphatic rings. The molecular formula is C15H26O2. The van der Waals surface area contributed by atoms with Crippen molar-refractivity contribution in [2.45, 2.75) is 52.1 Å². The maximum Gasteiger partial charge on any atom is 0.0650 e. The van der Waals surface area contributed by atoms with Crippen molar-refractivity contribution >= 4 is 0 Å². The molecule has 1 unspecified atom stereocenters. The summed E-state index contributed by atoms with van der Waals surface area (Å²) in [5.41, 5.74) is -0.294. The molecule has 2 heteroatoms. The van der Waals surface area contributed by atoms with Gasteiger partial charge in [0.2, 0.25) is 0 Å². The molecule has 17 heavy (non-hydrogen) atoms. The zero-order chi connectivity index (χ0) is 12.4. The number of aliphatic hydroxyl groups excluding tert-OH is 1. The van der Waals surface area contributed by atoms with Crippen LogP contribution in [0.5, 0.6) is 0 Å². The highest BCUT2D eigenvalue weighted by molar-refractivity contribution is 5.16. The molecule has 0 spiro atoms. The minimum Gasteiger partial charge on any atom is -0.396 e. The second kappa shape index (κ2) is 3.48. The van der Waals surface area contributed by atoms with Crippen molar-refractivity contribution in [2.24, 2.45) is 35.0 Å². The zero-order valence-electron chi connectivity index (χ0n) is 11.3. The van der Waals surface area contributed by atoms with Gasteiger partial charge in [0, 0.05) is 6.61 Å². The minimum absolute atomic E-state index is 0.165. The number of hydrogen-bond donors (Lipinski definition) is 2. The topological polar surface area (TPSA) is 40.5 Å². The van der Waals surface area contributed by atoms with Gasteiger partial charge in [-0.25, -0.2) is 0 Å². The van der Waals surface area contributed by atoms with Crippen molar-refractivity contribution in [3.8, 4) is 0 Å². The predicted molar refractivity (Wildman–Crippen MR) is 67.4 cm³/mol. The van der Waals surface area contributed by atoms with Gasteiger partial charge < -0.3 is 10.2 Å². The lowest BCUT2D eigenvalue weighted by atomic mass is 9.74. The maximum atomic E-state index is 10.7. The summed E-state index contributed by atoms with van der Waals surface area (Å²) in [6.45, 7) is 6.98. The molecular weight excluding hydrogens is 212 g/mol. The van der Waals surface area contributed by atoms with E-state index in [-0.39, 0.29) is 5.41 Å². The minimum atomic E-state index is -0.459. The van der Waals surface area contributed by atoms with E-state index in [1.807, 2.05) is 6.92 Å². The number of aliphatic hydroxyl groups is 2. The molecule has 2 nitrogen and oxygen atoms in total. The van der Waals surface area contributed by atoms with Crippen molar-refractivity contribution in [1.29, 1.82) is 0 Å². The fraction of sp³-hybridized carbons (Fsp3) is 1.00. The van der Waals surface area contributed by atoms with Crippen LogP contribution in [0.4, 0.5) is 0 Å². The van der Waals surface area contributed by atoms with E-state index in [0.717, 1.165) is 18.8 Å². The molecule has 0 aromatic rings. The van der Waals surface area contributed by atoms with Crippen LogP contribution < -0.4 is 0 Å². The van der Waals surface area contributed by atoms with Gasteiger partial charge in [0.1, 0.15) is 0 Å². The van der Waals surface area contributed by atoms with Crippen molar-refractivity contribution < 1.29 is 10.2 Å². The van der Waals surface area contributed by atoms with Crippen LogP contribution in [0.3, 0.4) is 0 Å². The Morgan fingerprint density at radius 1 is 1.12 bits per heavy atom. The van der Waals surface area contributed by atoms with E-state index < -0.39 is 5.60 Å². The lowest BCUT2D eigenvalue weighted by Gasteiger charge is -2.35. The molecule has 0 aromatic carbocycles. The first-order valence-corrected chi connectivity index (χ1v) is 7.25. The standard InChI is InChI=1S/C15H26O2/c1-9-4-5-10-12(9)13-11(14(13,2)8-16)6-7-15(10,3)17/h9-13,16-17H,4-8H2,1-3H3/t9-,10+,11-,12-,13?,14-,15+/m1/s1. The number of fused-ring (bicyclic) bond motifs is 3. The largest absolute Gasteiger partial charge is 0.396 e. The zero-order valence-corrected chi connectivity index (χ0v) is 11.3. The Morgan fingerprint density at radius 2 is 1.82 bits per heavy atom. The van der Waals surface area contributed by atoms with E-state index in [4.69, 9.17) is 0 Å². The molecule has 0 aliphatic heterocycles. The Morgan fingerprint density at radius 3 is 2.47 bits per heavy atom. The Balaban J connectivity index is 1.93. The highest BCUT2D eigenvalue weighted by atomic mass is 16.3. The van der Waals surface area contributed by atoms with Gasteiger partial charge in [-0.15, -0.1) is 0 Å². The average Bonchev–Trinajstić information content (AvgIpc) is 2.70. The predicted octanol–water partition coefficient (Wildman–Crippen LogP) is 2.44. The maximum absolute atomic E-state index is 10.7. The van der Waals surface area contributed by atoms with Gasteiger partial charge in [0.05, 0.1) is 5.60 Å². The second-order valence-corrected chi connectivity index (χ2v) is 7.43. The molecule has 98 valence electrons. The van der Waals surface area contributed by atoms with Gasteiger partial charge in [0.15, 0.2) is 0 Å². The first-order chi connectivity index (χ1) is 7.92. The van der Waals surface area contributed by atoms with Crippen LogP contribution in [0.25, 0.3) is 0 Å². The normalized spacial score (nSPS) is 61.6. The molecule has 0 bridgehead atoms. The van der Waals surface area contributed by atoms with Crippen LogP contribution >= 0.6 is 0 Å². The summed E-state index contributed by atoms with van der Waals surface area (Å²) in [6, 6.07) is 0. The fourth-order valence-corrected chi connectivity index (χ4v) is 5.33. The SMILES string of the molecule is C[C@@H]1CC[C@H]2[C@@H]1C1[C@@H](CC[C@]2(C)O)[C@@]1(C)CO. The van der Waals surface area contributed by atoms with Gasteiger partial charge in [0.25, 0.3) is 0 Å². The Bertz CT molecular complexity index is 325. The van der Waals surface area contributed by atoms with E-state index in [9.17, 15) is 10.2 Å². The molecule has 0 saturated heterocycles. The summed E-state index contributed by atoms with van der Waals surface area (Å²) in [5.74, 6) is 3.18. The smallest absolute Gasteiger partial charge is 0.0650 e. The van der Waals surface area contributed by atoms with Gasteiger partial charge in [-0.1, -0.05) is 20.3 Å². The van der Waals surface area contributed by atoms with Crippen LogP contribution in [0, 0.1) is 35.0 Å². The quantitative estimate of drug-likeness (QED) is 0.736. The van der Waals surface area contributed by atoms with Crippen molar-refractivity contribution in [1.82, 2.24) is 0 Å². The number of rotatable bonds is 1. The molecule has 3 aliphatic carbocycles. The summed E-state index contributed by atoms with van der Waals surface area (Å²) >= 11 is 0. The fourth-order valence-electron chi connectivity index (χ4n) is 5.33. The highest BCUT2D eigenvalue weighted by Crippen LogP contribution is 2.71. The van der Waals surface area contributed by atoms with Crippen LogP contribution in [-0.4, -0.2) is 22.4 Å². The summed E-state index contributed by atoms with van der Waals surface area (Å²) in [7, 11) is 0. The molecule has 0 radical (unpaired) electrons. The van der Waals surface area contributed by atoms with E-state index in [1.54, 1.807) is 0 Å². The van der Waals surface area contributed by atoms with Crippen LogP contribution in [0.1, 0.15) is 46.5 Å². The van der Waals surface area contributed by atoms with E-state index in [0.29, 0.717) is 30.3 Å². The van der Waals surface area contributed by atoms with Gasteiger partial charge in [-0.05, 0) is 61.2 Å².